The molecule has 1 aliphatic heterocycles. The van der Waals surface area contributed by atoms with E-state index in [-0.39, 0.29) is 12.5 Å². The van der Waals surface area contributed by atoms with Crippen LogP contribution in [0.4, 0.5) is 5.82 Å². The fraction of sp³-hybridized carbons (Fsp3) is 0.636. The van der Waals surface area contributed by atoms with E-state index >= 15 is 0 Å². The molecular formula is C11H17N3O2. The van der Waals surface area contributed by atoms with Crippen LogP contribution in [0.3, 0.4) is 0 Å². The molecule has 5 nitrogen and oxygen atoms in total. The molecule has 1 unspecified atom stereocenters. The SMILES string of the molecule is Cn1ccc(N2CCCCC2CC(=O)O)n1. The van der Waals surface area contributed by atoms with Gasteiger partial charge in [-0.15, -0.1) is 0 Å². The van der Waals surface area contributed by atoms with Gasteiger partial charge in [-0.2, -0.15) is 5.10 Å². The van der Waals surface area contributed by atoms with Crippen LogP contribution >= 0.6 is 0 Å². The standard InChI is InChI=1S/C11H17N3O2/c1-13-7-5-10(12-13)14-6-3-2-4-9(14)8-11(15)16/h5,7,9H,2-4,6,8H2,1H3,(H,15,16). The molecule has 0 spiro atoms. The van der Waals surface area contributed by atoms with Gasteiger partial charge in [-0.05, 0) is 19.3 Å². The lowest BCUT2D eigenvalue weighted by Gasteiger charge is -2.35. The first-order chi connectivity index (χ1) is 7.66. The van der Waals surface area contributed by atoms with E-state index < -0.39 is 5.97 Å². The maximum Gasteiger partial charge on any atom is 0.305 e. The molecule has 0 saturated carbocycles. The lowest BCUT2D eigenvalue weighted by atomic mass is 9.99. The van der Waals surface area contributed by atoms with E-state index in [2.05, 4.69) is 10.00 Å². The number of nitrogens with zero attached hydrogens (tertiary/aromatic N) is 3. The summed E-state index contributed by atoms with van der Waals surface area (Å²) in [5.41, 5.74) is 0. The molecule has 0 amide bonds. The summed E-state index contributed by atoms with van der Waals surface area (Å²) in [5.74, 6) is 0.168. The zero-order chi connectivity index (χ0) is 11.5. The van der Waals surface area contributed by atoms with Gasteiger partial charge in [-0.3, -0.25) is 9.48 Å². The summed E-state index contributed by atoms with van der Waals surface area (Å²) in [4.78, 5) is 12.9. The van der Waals surface area contributed by atoms with Crippen LogP contribution in [0.5, 0.6) is 0 Å². The van der Waals surface area contributed by atoms with Crippen LogP contribution in [-0.2, 0) is 11.8 Å². The van der Waals surface area contributed by atoms with Gasteiger partial charge in [-0.25, -0.2) is 0 Å². The fourth-order valence-corrected chi connectivity index (χ4v) is 2.27. The number of carboxylic acids is 1. The van der Waals surface area contributed by atoms with Gasteiger partial charge in [0.2, 0.25) is 0 Å². The topological polar surface area (TPSA) is 58.4 Å². The Kier molecular flexibility index (Phi) is 3.12. The number of anilines is 1. The van der Waals surface area contributed by atoms with Gasteiger partial charge in [0, 0.05) is 31.9 Å². The number of aliphatic carboxylic acids is 1. The van der Waals surface area contributed by atoms with Crippen molar-refractivity contribution in [1.82, 2.24) is 9.78 Å². The summed E-state index contributed by atoms with van der Waals surface area (Å²) >= 11 is 0. The number of piperidine rings is 1. The predicted molar refractivity (Wildman–Crippen MR) is 60.4 cm³/mol. The highest BCUT2D eigenvalue weighted by molar-refractivity contribution is 5.68. The Balaban J connectivity index is 2.12. The van der Waals surface area contributed by atoms with E-state index in [1.165, 1.54) is 0 Å². The van der Waals surface area contributed by atoms with Crippen molar-refractivity contribution in [2.24, 2.45) is 7.05 Å². The monoisotopic (exact) mass is 223 g/mol. The quantitative estimate of drug-likeness (QED) is 0.838. The molecule has 1 fully saturated rings. The van der Waals surface area contributed by atoms with E-state index in [0.717, 1.165) is 31.6 Å². The number of carbonyl (C=O) groups is 1. The molecule has 1 aliphatic rings. The maximum absolute atomic E-state index is 10.8. The van der Waals surface area contributed by atoms with Crippen LogP contribution < -0.4 is 4.90 Å². The van der Waals surface area contributed by atoms with Crippen molar-refractivity contribution >= 4 is 11.8 Å². The van der Waals surface area contributed by atoms with Crippen LogP contribution in [-0.4, -0.2) is 33.4 Å². The molecule has 5 heteroatoms. The Morgan fingerprint density at radius 3 is 3.06 bits per heavy atom. The largest absolute Gasteiger partial charge is 0.481 e. The van der Waals surface area contributed by atoms with Gasteiger partial charge in [0.1, 0.15) is 0 Å². The second-order valence-corrected chi connectivity index (χ2v) is 4.29. The number of aryl methyl sites for hydroxylation is 1. The third-order valence-electron chi connectivity index (χ3n) is 3.03. The highest BCUT2D eigenvalue weighted by Crippen LogP contribution is 2.24. The van der Waals surface area contributed by atoms with E-state index in [0.29, 0.717) is 0 Å². The fourth-order valence-electron chi connectivity index (χ4n) is 2.27. The maximum atomic E-state index is 10.8. The molecular weight excluding hydrogens is 206 g/mol. The highest BCUT2D eigenvalue weighted by Gasteiger charge is 2.25. The molecule has 2 rings (SSSR count). The molecule has 1 atom stereocenters. The molecule has 0 bridgehead atoms. The van der Waals surface area contributed by atoms with Crippen molar-refractivity contribution in [2.75, 3.05) is 11.4 Å². The van der Waals surface area contributed by atoms with Gasteiger partial charge in [-0.1, -0.05) is 0 Å². The molecule has 0 aliphatic carbocycles. The molecule has 0 radical (unpaired) electrons. The average molecular weight is 223 g/mol. The highest BCUT2D eigenvalue weighted by atomic mass is 16.4. The van der Waals surface area contributed by atoms with Gasteiger partial charge in [0.05, 0.1) is 6.42 Å². The number of carboxylic acid groups (broad SMARTS) is 1. The van der Waals surface area contributed by atoms with Crippen molar-refractivity contribution < 1.29 is 9.90 Å². The van der Waals surface area contributed by atoms with Crippen LogP contribution in [0.25, 0.3) is 0 Å². The predicted octanol–water partition coefficient (Wildman–Crippen LogP) is 1.25. The molecule has 2 heterocycles. The Bertz CT molecular complexity index is 375. The van der Waals surface area contributed by atoms with E-state index in [4.69, 9.17) is 5.11 Å². The van der Waals surface area contributed by atoms with Crippen molar-refractivity contribution in [3.05, 3.63) is 12.3 Å². The Labute approximate surface area is 94.7 Å². The van der Waals surface area contributed by atoms with Crippen molar-refractivity contribution in [3.8, 4) is 0 Å². The minimum Gasteiger partial charge on any atom is -0.481 e. The van der Waals surface area contributed by atoms with Gasteiger partial charge in [0.25, 0.3) is 0 Å². The zero-order valence-corrected chi connectivity index (χ0v) is 9.46. The van der Waals surface area contributed by atoms with Gasteiger partial charge < -0.3 is 10.0 Å². The van der Waals surface area contributed by atoms with Gasteiger partial charge in [0.15, 0.2) is 5.82 Å². The van der Waals surface area contributed by atoms with Crippen molar-refractivity contribution in [3.63, 3.8) is 0 Å². The smallest absolute Gasteiger partial charge is 0.305 e. The van der Waals surface area contributed by atoms with Crippen LogP contribution in [0.15, 0.2) is 12.3 Å². The molecule has 0 aromatic carbocycles. The minimum absolute atomic E-state index is 0.0983. The van der Waals surface area contributed by atoms with E-state index in [1.54, 1.807) is 4.68 Å². The molecule has 1 aromatic heterocycles. The van der Waals surface area contributed by atoms with Crippen LogP contribution in [0.1, 0.15) is 25.7 Å². The number of hydrogen-bond acceptors (Lipinski definition) is 3. The van der Waals surface area contributed by atoms with E-state index in [1.807, 2.05) is 19.3 Å². The first-order valence-electron chi connectivity index (χ1n) is 5.65. The summed E-state index contributed by atoms with van der Waals surface area (Å²) in [6.07, 6.45) is 5.27. The second-order valence-electron chi connectivity index (χ2n) is 4.29. The summed E-state index contributed by atoms with van der Waals surface area (Å²) in [6, 6.07) is 2.04. The zero-order valence-electron chi connectivity index (χ0n) is 9.46. The van der Waals surface area contributed by atoms with E-state index in [9.17, 15) is 4.79 Å². The summed E-state index contributed by atoms with van der Waals surface area (Å²) in [5, 5.41) is 13.2. The number of rotatable bonds is 3. The van der Waals surface area contributed by atoms with Crippen molar-refractivity contribution in [1.29, 1.82) is 0 Å². The molecule has 1 aromatic rings. The van der Waals surface area contributed by atoms with Crippen LogP contribution in [0.2, 0.25) is 0 Å². The van der Waals surface area contributed by atoms with Crippen LogP contribution in [0, 0.1) is 0 Å². The number of aromatic nitrogens is 2. The third kappa shape index (κ3) is 2.35. The Morgan fingerprint density at radius 2 is 2.44 bits per heavy atom. The van der Waals surface area contributed by atoms with Gasteiger partial charge >= 0.3 is 5.97 Å². The molecule has 88 valence electrons. The third-order valence-corrected chi connectivity index (χ3v) is 3.03. The first kappa shape index (κ1) is 11.0. The minimum atomic E-state index is -0.729. The first-order valence-corrected chi connectivity index (χ1v) is 5.65. The lowest BCUT2D eigenvalue weighted by Crippen LogP contribution is -2.41. The molecule has 16 heavy (non-hydrogen) atoms. The lowest BCUT2D eigenvalue weighted by molar-refractivity contribution is -0.137. The summed E-state index contributed by atoms with van der Waals surface area (Å²) < 4.78 is 1.75. The number of hydrogen-bond donors (Lipinski definition) is 1. The molecule has 1 saturated heterocycles. The normalized spacial score (nSPS) is 21.1. The Morgan fingerprint density at radius 1 is 1.62 bits per heavy atom. The summed E-state index contributed by atoms with van der Waals surface area (Å²) in [6.45, 7) is 0.912. The Hall–Kier alpha value is -1.52. The van der Waals surface area contributed by atoms with Crippen molar-refractivity contribution in [2.45, 2.75) is 31.7 Å². The summed E-state index contributed by atoms with van der Waals surface area (Å²) in [7, 11) is 1.87. The second kappa shape index (κ2) is 4.55. The average Bonchev–Trinajstić information content (AvgIpc) is 2.65. The molecule has 1 N–H and O–H groups in total.